The molecule has 1 aromatic rings. The van der Waals surface area contributed by atoms with Crippen LogP contribution >= 0.6 is 0 Å². The topological polar surface area (TPSA) is 71.1 Å². The molecule has 0 bridgehead atoms. The normalized spacial score (nSPS) is 18.3. The Morgan fingerprint density at radius 2 is 2.11 bits per heavy atom. The fourth-order valence-electron chi connectivity index (χ4n) is 1.41. The first-order valence-electron chi connectivity index (χ1n) is 5.31. The first-order chi connectivity index (χ1) is 8.69. The second kappa shape index (κ2) is 5.50. The lowest BCUT2D eigenvalue weighted by atomic mass is 10.2. The van der Waals surface area contributed by atoms with Crippen molar-refractivity contribution in [3.8, 4) is 5.75 Å². The van der Waals surface area contributed by atoms with E-state index >= 15 is 0 Å². The predicted octanol–water partition coefficient (Wildman–Crippen LogP) is 0.751. The van der Waals surface area contributed by atoms with E-state index in [4.69, 9.17) is 18.9 Å². The highest BCUT2D eigenvalue weighted by Crippen LogP contribution is 2.13. The van der Waals surface area contributed by atoms with Crippen LogP contribution in [0.15, 0.2) is 24.3 Å². The summed E-state index contributed by atoms with van der Waals surface area (Å²) < 4.78 is 19.6. The summed E-state index contributed by atoms with van der Waals surface area (Å²) in [5.41, 5.74) is 0.389. The van der Waals surface area contributed by atoms with Crippen molar-refractivity contribution >= 4 is 11.9 Å². The Labute approximate surface area is 103 Å². The van der Waals surface area contributed by atoms with Gasteiger partial charge in [-0.3, -0.25) is 0 Å². The maximum atomic E-state index is 11.6. The highest BCUT2D eigenvalue weighted by Gasteiger charge is 2.25. The van der Waals surface area contributed by atoms with E-state index in [1.807, 2.05) is 0 Å². The minimum atomic E-state index is -0.806. The van der Waals surface area contributed by atoms with Crippen molar-refractivity contribution in [1.29, 1.82) is 0 Å². The molecular formula is C12H12O6. The quantitative estimate of drug-likeness (QED) is 0.736. The number of rotatable bonds is 4. The largest absolute Gasteiger partial charge is 0.497 e. The van der Waals surface area contributed by atoms with Crippen molar-refractivity contribution < 1.29 is 28.5 Å². The average molecular weight is 252 g/mol. The van der Waals surface area contributed by atoms with E-state index in [9.17, 15) is 9.59 Å². The summed E-state index contributed by atoms with van der Waals surface area (Å²) in [6.45, 7) is -0.221. The molecule has 18 heavy (non-hydrogen) atoms. The number of carbonyl (C=O) groups excluding carboxylic acids is 2. The van der Waals surface area contributed by atoms with Gasteiger partial charge in [0, 0.05) is 0 Å². The third kappa shape index (κ3) is 2.98. The van der Waals surface area contributed by atoms with Gasteiger partial charge in [-0.1, -0.05) is 0 Å². The van der Waals surface area contributed by atoms with Gasteiger partial charge in [0.05, 0.1) is 12.7 Å². The van der Waals surface area contributed by atoms with E-state index in [0.717, 1.165) is 0 Å². The molecule has 1 aromatic carbocycles. The zero-order chi connectivity index (χ0) is 13.0. The number of ether oxygens (including phenoxy) is 4. The van der Waals surface area contributed by atoms with E-state index in [1.165, 1.54) is 0 Å². The lowest BCUT2D eigenvalue weighted by Gasteiger charge is -2.09. The zero-order valence-corrected chi connectivity index (χ0v) is 9.75. The summed E-state index contributed by atoms with van der Waals surface area (Å²) in [7, 11) is 1.54. The number of carbonyl (C=O) groups is 2. The molecule has 0 aromatic heterocycles. The molecule has 1 atom stereocenters. The summed E-state index contributed by atoms with van der Waals surface area (Å²) in [5, 5.41) is 0. The van der Waals surface area contributed by atoms with Gasteiger partial charge in [-0.2, -0.15) is 0 Å². The number of methoxy groups -OCH3 is 1. The zero-order valence-electron chi connectivity index (χ0n) is 9.75. The van der Waals surface area contributed by atoms with Crippen LogP contribution in [0.1, 0.15) is 10.4 Å². The van der Waals surface area contributed by atoms with E-state index in [-0.39, 0.29) is 13.2 Å². The number of benzene rings is 1. The highest BCUT2D eigenvalue weighted by molar-refractivity contribution is 5.89. The van der Waals surface area contributed by atoms with Crippen LogP contribution in [-0.2, 0) is 19.0 Å². The van der Waals surface area contributed by atoms with Crippen molar-refractivity contribution in [1.82, 2.24) is 0 Å². The van der Waals surface area contributed by atoms with Crippen LogP contribution < -0.4 is 4.74 Å². The van der Waals surface area contributed by atoms with Crippen LogP contribution in [0.25, 0.3) is 0 Å². The number of esters is 2. The van der Waals surface area contributed by atoms with E-state index in [2.05, 4.69) is 0 Å². The van der Waals surface area contributed by atoms with Gasteiger partial charge in [-0.15, -0.1) is 0 Å². The summed E-state index contributed by atoms with van der Waals surface area (Å²) in [6, 6.07) is 6.48. The van der Waals surface area contributed by atoms with Gasteiger partial charge in [0.25, 0.3) is 0 Å². The minimum absolute atomic E-state index is 0.106. The highest BCUT2D eigenvalue weighted by atomic mass is 16.8. The van der Waals surface area contributed by atoms with Gasteiger partial charge in [-0.25, -0.2) is 9.59 Å². The van der Waals surface area contributed by atoms with Crippen molar-refractivity contribution in [2.45, 2.75) is 6.29 Å². The predicted molar refractivity (Wildman–Crippen MR) is 59.1 cm³/mol. The SMILES string of the molecule is COc1ccc(C(=O)OC[C@@H]2OCC(=O)O2)cc1. The molecule has 0 radical (unpaired) electrons. The molecule has 1 aliphatic heterocycles. The Hall–Kier alpha value is -2.08. The summed E-state index contributed by atoms with van der Waals surface area (Å²) in [4.78, 5) is 22.4. The van der Waals surface area contributed by atoms with Crippen molar-refractivity contribution in [3.63, 3.8) is 0 Å². The molecule has 6 heteroatoms. The van der Waals surface area contributed by atoms with Crippen LogP contribution in [0.4, 0.5) is 0 Å². The molecule has 0 spiro atoms. The molecular weight excluding hydrogens is 240 g/mol. The first-order valence-corrected chi connectivity index (χ1v) is 5.31. The van der Waals surface area contributed by atoms with Crippen LogP contribution in [0, 0.1) is 0 Å². The molecule has 0 unspecified atom stereocenters. The molecule has 6 nitrogen and oxygen atoms in total. The van der Waals surface area contributed by atoms with Gasteiger partial charge < -0.3 is 18.9 Å². The monoisotopic (exact) mass is 252 g/mol. The second-order valence-corrected chi connectivity index (χ2v) is 3.56. The minimum Gasteiger partial charge on any atom is -0.497 e. The van der Waals surface area contributed by atoms with Gasteiger partial charge in [0.15, 0.2) is 6.61 Å². The first kappa shape index (κ1) is 12.4. The summed E-state index contributed by atoms with van der Waals surface area (Å²) >= 11 is 0. The Morgan fingerprint density at radius 1 is 1.39 bits per heavy atom. The molecule has 1 heterocycles. The average Bonchev–Trinajstić information content (AvgIpc) is 2.82. The van der Waals surface area contributed by atoms with Crippen molar-refractivity contribution in [3.05, 3.63) is 29.8 Å². The third-order valence-corrected chi connectivity index (χ3v) is 2.33. The van der Waals surface area contributed by atoms with Crippen molar-refractivity contribution in [2.75, 3.05) is 20.3 Å². The molecule has 0 N–H and O–H groups in total. The van der Waals surface area contributed by atoms with Crippen molar-refractivity contribution in [2.24, 2.45) is 0 Å². The van der Waals surface area contributed by atoms with E-state index < -0.39 is 18.2 Å². The number of cyclic esters (lactones) is 1. The molecule has 0 amide bonds. The Balaban J connectivity index is 1.85. The lowest BCUT2D eigenvalue weighted by Crippen LogP contribution is -2.19. The molecule has 0 aliphatic carbocycles. The maximum Gasteiger partial charge on any atom is 0.338 e. The summed E-state index contributed by atoms with van der Waals surface area (Å²) in [6.07, 6.45) is -0.806. The molecule has 1 saturated heterocycles. The standard InChI is InChI=1S/C12H12O6/c1-15-9-4-2-8(3-5-9)12(14)17-7-11-16-6-10(13)18-11/h2-5,11H,6-7H2,1H3/t11-/m1/s1. The molecule has 96 valence electrons. The Bertz CT molecular complexity index is 438. The lowest BCUT2D eigenvalue weighted by molar-refractivity contribution is -0.146. The van der Waals surface area contributed by atoms with Gasteiger partial charge in [-0.05, 0) is 24.3 Å². The maximum absolute atomic E-state index is 11.6. The van der Waals surface area contributed by atoms with Crippen LogP contribution in [0.3, 0.4) is 0 Å². The van der Waals surface area contributed by atoms with E-state index in [1.54, 1.807) is 31.4 Å². The molecule has 0 saturated carbocycles. The summed E-state index contributed by atoms with van der Waals surface area (Å²) in [5.74, 6) is -0.315. The Morgan fingerprint density at radius 3 is 2.67 bits per heavy atom. The van der Waals surface area contributed by atoms with Gasteiger partial charge >= 0.3 is 11.9 Å². The molecule has 1 aliphatic rings. The number of hydrogen-bond donors (Lipinski definition) is 0. The van der Waals surface area contributed by atoms with Crippen LogP contribution in [0.5, 0.6) is 5.75 Å². The van der Waals surface area contributed by atoms with E-state index in [0.29, 0.717) is 11.3 Å². The third-order valence-electron chi connectivity index (χ3n) is 2.33. The van der Waals surface area contributed by atoms with Gasteiger partial charge in [0.1, 0.15) is 12.4 Å². The Kier molecular flexibility index (Phi) is 3.78. The fourth-order valence-corrected chi connectivity index (χ4v) is 1.41. The van der Waals surface area contributed by atoms with Crippen LogP contribution in [-0.4, -0.2) is 38.6 Å². The fraction of sp³-hybridized carbons (Fsp3) is 0.333. The second-order valence-electron chi connectivity index (χ2n) is 3.56. The number of hydrogen-bond acceptors (Lipinski definition) is 6. The van der Waals surface area contributed by atoms with Gasteiger partial charge in [0.2, 0.25) is 6.29 Å². The van der Waals surface area contributed by atoms with Crippen LogP contribution in [0.2, 0.25) is 0 Å². The smallest absolute Gasteiger partial charge is 0.338 e. The molecule has 2 rings (SSSR count). The molecule has 1 fully saturated rings.